The van der Waals surface area contributed by atoms with Crippen molar-refractivity contribution in [1.29, 1.82) is 0 Å². The van der Waals surface area contributed by atoms with E-state index in [-0.39, 0.29) is 0 Å². The summed E-state index contributed by atoms with van der Waals surface area (Å²) in [5.41, 5.74) is 4.59. The highest BCUT2D eigenvalue weighted by atomic mass is 35.5. The Morgan fingerprint density at radius 3 is 1.38 bits per heavy atom. The monoisotopic (exact) mass is 998 g/mol. The van der Waals surface area contributed by atoms with Crippen LogP contribution in [0.2, 0.25) is 5.28 Å². The van der Waals surface area contributed by atoms with Gasteiger partial charge in [-0.05, 0) is 24.4 Å². The Morgan fingerprint density at radius 2 is 0.958 bits per heavy atom. The fraction of sp³-hybridized carbons (Fsp3) is 0.609. The molecular formula is C46H63ClN18O6. The number of anilines is 5. The Hall–Kier alpha value is -5.73. The maximum atomic E-state index is 6.56. The van der Waals surface area contributed by atoms with Gasteiger partial charge in [0.1, 0.15) is 0 Å². The Morgan fingerprint density at radius 1 is 0.521 bits per heavy atom. The van der Waals surface area contributed by atoms with Gasteiger partial charge in [-0.25, -0.2) is 49.8 Å². The summed E-state index contributed by atoms with van der Waals surface area (Å²) in [4.78, 5) is 53.6. The minimum absolute atomic E-state index is 0.392. The second kappa shape index (κ2) is 23.7. The van der Waals surface area contributed by atoms with Crippen LogP contribution in [0.25, 0.3) is 45.1 Å². The first-order chi connectivity index (χ1) is 35.0. The van der Waals surface area contributed by atoms with Crippen molar-refractivity contribution in [2.24, 2.45) is 11.8 Å². The fourth-order valence-corrected chi connectivity index (χ4v) is 9.38. The summed E-state index contributed by atoms with van der Waals surface area (Å²) >= 11 is 6.56. The third-order valence-electron chi connectivity index (χ3n) is 13.0. The number of imidazole rings is 2. The lowest BCUT2D eigenvalue weighted by Crippen LogP contribution is -2.38. The van der Waals surface area contributed by atoms with Crippen LogP contribution in [0.5, 0.6) is 0 Å². The van der Waals surface area contributed by atoms with Crippen LogP contribution in [0.15, 0.2) is 24.8 Å². The maximum absolute atomic E-state index is 6.56. The highest BCUT2D eigenvalue weighted by molar-refractivity contribution is 6.29. The van der Waals surface area contributed by atoms with Crippen molar-refractivity contribution in [1.82, 2.24) is 64.3 Å². The fourth-order valence-electron chi connectivity index (χ4n) is 9.15. The van der Waals surface area contributed by atoms with Crippen LogP contribution in [-0.4, -0.2) is 205 Å². The van der Waals surface area contributed by atoms with Gasteiger partial charge in [-0.15, -0.1) is 0 Å². The van der Waals surface area contributed by atoms with Crippen molar-refractivity contribution >= 4 is 63.4 Å². The van der Waals surface area contributed by atoms with Crippen LogP contribution in [0, 0.1) is 11.8 Å². The molecule has 6 fully saturated rings. The van der Waals surface area contributed by atoms with E-state index in [1.807, 2.05) is 4.57 Å². The van der Waals surface area contributed by atoms with E-state index in [1.165, 1.54) is 0 Å². The first-order valence-corrected chi connectivity index (χ1v) is 25.0. The molecule has 71 heavy (non-hydrogen) atoms. The number of hydrogen-bond donors (Lipinski definition) is 3. The predicted molar refractivity (Wildman–Crippen MR) is 267 cm³/mol. The Kier molecular flexibility index (Phi) is 16.3. The van der Waals surface area contributed by atoms with Crippen LogP contribution in [0.3, 0.4) is 0 Å². The Balaban J connectivity index is 0.000000148. The molecule has 24 nitrogen and oxygen atoms in total. The SMILES string of the molecule is C1COCCN1.CNc1ncc(-c2nc(N3CCOCC3)c3nc(Cl)n(CC4CCOC4)c3n2)cn1.CNc1ncc(-c2nc(N3CCOCC3)c3nc(N4CCOCC4)n(CC4CCOC4)c3n2)cn1. The Labute approximate surface area is 416 Å². The van der Waals surface area contributed by atoms with Gasteiger partial charge in [-0.2, -0.15) is 0 Å². The molecule has 25 heteroatoms. The van der Waals surface area contributed by atoms with Crippen molar-refractivity contribution in [2.75, 3.05) is 171 Å². The highest BCUT2D eigenvalue weighted by Gasteiger charge is 2.30. The lowest BCUT2D eigenvalue weighted by molar-refractivity contribution is 0.109. The van der Waals surface area contributed by atoms with Gasteiger partial charge < -0.3 is 59.1 Å². The third-order valence-corrected chi connectivity index (χ3v) is 13.3. The number of aromatic nitrogens is 12. The van der Waals surface area contributed by atoms with Gasteiger partial charge in [0.15, 0.2) is 45.6 Å². The van der Waals surface area contributed by atoms with E-state index in [1.54, 1.807) is 38.9 Å². The number of hydrogen-bond acceptors (Lipinski definition) is 22. The Bertz CT molecular complexity index is 2630. The van der Waals surface area contributed by atoms with Crippen molar-refractivity contribution in [3.05, 3.63) is 30.1 Å². The van der Waals surface area contributed by atoms with Crippen molar-refractivity contribution in [2.45, 2.75) is 25.9 Å². The van der Waals surface area contributed by atoms with E-state index in [2.05, 4.69) is 60.1 Å². The van der Waals surface area contributed by atoms with E-state index in [9.17, 15) is 0 Å². The van der Waals surface area contributed by atoms with E-state index >= 15 is 0 Å². The number of rotatable bonds is 11. The van der Waals surface area contributed by atoms with E-state index in [0.29, 0.717) is 92.4 Å². The molecule has 0 amide bonds. The van der Waals surface area contributed by atoms with Crippen LogP contribution in [0.1, 0.15) is 12.8 Å². The molecule has 6 aliphatic rings. The minimum atomic E-state index is 0.392. The van der Waals surface area contributed by atoms with Crippen LogP contribution in [-0.2, 0) is 41.5 Å². The van der Waals surface area contributed by atoms with Crippen molar-refractivity contribution in [3.8, 4) is 22.8 Å². The summed E-state index contributed by atoms with van der Waals surface area (Å²) in [6.07, 6.45) is 9.00. The smallest absolute Gasteiger partial charge is 0.222 e. The number of halogens is 1. The summed E-state index contributed by atoms with van der Waals surface area (Å²) in [5, 5.41) is 9.46. The molecule has 2 atom stereocenters. The number of morpholine rings is 4. The average Bonchev–Trinajstić information content (AvgIpc) is 4.29. The third kappa shape index (κ3) is 11.6. The molecule has 3 N–H and O–H groups in total. The van der Waals surface area contributed by atoms with Gasteiger partial charge in [-0.3, -0.25) is 9.13 Å². The second-order valence-corrected chi connectivity index (χ2v) is 18.1. The van der Waals surface area contributed by atoms with E-state index in [4.69, 9.17) is 64.9 Å². The second-order valence-electron chi connectivity index (χ2n) is 17.8. The van der Waals surface area contributed by atoms with Gasteiger partial charge in [-0.1, -0.05) is 0 Å². The van der Waals surface area contributed by atoms with Gasteiger partial charge in [0, 0.05) is 129 Å². The molecule has 0 saturated carbocycles. The lowest BCUT2D eigenvalue weighted by atomic mass is 10.1. The average molecular weight is 1000 g/mol. The number of fused-ring (bicyclic) bond motifs is 2. The molecule has 0 radical (unpaired) electrons. The number of nitrogens with one attached hydrogen (secondary N) is 3. The van der Waals surface area contributed by atoms with E-state index in [0.717, 1.165) is 157 Å². The maximum Gasteiger partial charge on any atom is 0.222 e. The predicted octanol–water partition coefficient (Wildman–Crippen LogP) is 2.49. The van der Waals surface area contributed by atoms with E-state index < -0.39 is 0 Å². The summed E-state index contributed by atoms with van der Waals surface area (Å²) in [5.74, 6) is 5.59. The quantitative estimate of drug-likeness (QED) is 0.158. The first-order valence-electron chi connectivity index (χ1n) is 24.7. The summed E-state index contributed by atoms with van der Waals surface area (Å²) in [6, 6.07) is 0. The summed E-state index contributed by atoms with van der Waals surface area (Å²) in [7, 11) is 3.58. The lowest BCUT2D eigenvalue weighted by Gasteiger charge is -2.28. The molecule has 6 saturated heterocycles. The van der Waals surface area contributed by atoms with Crippen LogP contribution in [0.4, 0.5) is 29.5 Å². The molecule has 2 unspecified atom stereocenters. The molecule has 6 aromatic heterocycles. The van der Waals surface area contributed by atoms with Gasteiger partial charge in [0.05, 0.1) is 77.2 Å². The van der Waals surface area contributed by atoms with Crippen LogP contribution < -0.4 is 30.7 Å². The van der Waals surface area contributed by atoms with Crippen molar-refractivity contribution < 1.29 is 28.4 Å². The zero-order valence-corrected chi connectivity index (χ0v) is 41.2. The normalized spacial score (nSPS) is 20.7. The van der Waals surface area contributed by atoms with Crippen molar-refractivity contribution in [3.63, 3.8) is 0 Å². The molecule has 0 aliphatic carbocycles. The topological polar surface area (TPSA) is 240 Å². The zero-order chi connectivity index (χ0) is 48.4. The van der Waals surface area contributed by atoms with Gasteiger partial charge >= 0.3 is 0 Å². The molecule has 6 aliphatic heterocycles. The van der Waals surface area contributed by atoms with Crippen LogP contribution >= 0.6 is 11.6 Å². The minimum Gasteiger partial charge on any atom is -0.381 e. The number of nitrogens with zero attached hydrogens (tertiary/aromatic N) is 15. The number of ether oxygens (including phenoxy) is 6. The summed E-state index contributed by atoms with van der Waals surface area (Å²) in [6.45, 7) is 17.0. The highest BCUT2D eigenvalue weighted by Crippen LogP contribution is 2.34. The largest absolute Gasteiger partial charge is 0.381 e. The molecule has 0 bridgehead atoms. The molecule has 0 spiro atoms. The molecule has 380 valence electrons. The molecular weight excluding hydrogens is 936 g/mol. The zero-order valence-electron chi connectivity index (χ0n) is 40.5. The summed E-state index contributed by atoms with van der Waals surface area (Å²) < 4.78 is 37.2. The molecule has 0 aromatic carbocycles. The van der Waals surface area contributed by atoms with Gasteiger partial charge in [0.25, 0.3) is 0 Å². The first kappa shape index (κ1) is 48.9. The standard InChI is InChI=1S/C23H31N9O3.C19H23ClN8O2.C4H9NO/c1-24-22-25-12-17(13-26-22)19-28-20(30-3-8-33-9-4-30)18-21(29-19)32(14-16-2-7-35-15-16)23(27-18)31-5-10-34-11-6-31;1-21-19-22-8-13(9-23-19)15-25-16(27-3-6-29-7-4-27)14-17(26-15)28(18(20)24-14)10-12-2-5-30-11-12;1-3-6-4-2-5-1/h12-13,16H,2-11,14-15H2,1H3,(H,24,25,26);8-9,12H,2-7,10-11H2,1H3,(H,21,22,23);5H,1-4H2. The molecule has 12 heterocycles. The van der Waals surface area contributed by atoms with Gasteiger partial charge in [0.2, 0.25) is 23.1 Å². The molecule has 6 aromatic rings. The molecule has 12 rings (SSSR count).